The van der Waals surface area contributed by atoms with Crippen LogP contribution in [0.1, 0.15) is 34.1 Å². The molecule has 0 aromatic carbocycles. The molecule has 4 heteroatoms. The molecule has 0 N–H and O–H groups in total. The summed E-state index contributed by atoms with van der Waals surface area (Å²) in [6.45, 7) is 7.74. The van der Waals surface area contributed by atoms with E-state index in [1.807, 2.05) is 0 Å². The molecule has 1 aliphatic rings. The van der Waals surface area contributed by atoms with Gasteiger partial charge in [-0.15, -0.1) is 12.6 Å². The summed E-state index contributed by atoms with van der Waals surface area (Å²) in [4.78, 5) is 10.9. The molecule has 0 aromatic rings. The van der Waals surface area contributed by atoms with Gasteiger partial charge in [-0.1, -0.05) is 20.8 Å². The van der Waals surface area contributed by atoms with Crippen LogP contribution in [0.2, 0.25) is 0 Å². The minimum Gasteiger partial charge on any atom is -0.459 e. The van der Waals surface area contributed by atoms with Gasteiger partial charge in [0.1, 0.15) is 11.5 Å². The molecular weight excluding hydrogens is 212 g/mol. The SMILES string of the molecule is CCC1O[C@H](S)C(OC(C)=O)[C@@H](C)[C@H]1C. The highest BCUT2D eigenvalue weighted by atomic mass is 32.1. The van der Waals surface area contributed by atoms with Gasteiger partial charge >= 0.3 is 5.97 Å². The molecule has 0 radical (unpaired) electrons. The second-order valence-electron chi connectivity index (χ2n) is 4.27. The van der Waals surface area contributed by atoms with Crippen molar-refractivity contribution in [2.24, 2.45) is 11.8 Å². The van der Waals surface area contributed by atoms with Crippen LogP contribution in [0.4, 0.5) is 0 Å². The first-order valence-electron chi connectivity index (χ1n) is 5.48. The average Bonchev–Trinajstić information content (AvgIpc) is 2.18. The molecule has 1 fully saturated rings. The van der Waals surface area contributed by atoms with Crippen molar-refractivity contribution in [3.8, 4) is 0 Å². The number of carbonyl (C=O) groups excluding carboxylic acids is 1. The number of esters is 1. The lowest BCUT2D eigenvalue weighted by molar-refractivity contribution is -0.176. The van der Waals surface area contributed by atoms with Crippen molar-refractivity contribution < 1.29 is 14.3 Å². The highest BCUT2D eigenvalue weighted by Crippen LogP contribution is 2.35. The van der Waals surface area contributed by atoms with Gasteiger partial charge in [0, 0.05) is 12.8 Å². The molecule has 0 spiro atoms. The lowest BCUT2D eigenvalue weighted by atomic mass is 9.83. The second-order valence-corrected chi connectivity index (χ2v) is 4.77. The molecule has 0 saturated carbocycles. The Labute approximate surface area is 96.9 Å². The first-order chi connectivity index (χ1) is 6.97. The zero-order valence-electron chi connectivity index (χ0n) is 9.77. The summed E-state index contributed by atoms with van der Waals surface area (Å²) in [6.07, 6.45) is 0.952. The molecule has 1 aliphatic heterocycles. The predicted octanol–water partition coefficient (Wildman–Crippen LogP) is 2.25. The first kappa shape index (κ1) is 12.8. The molecular formula is C11H20O3S. The zero-order chi connectivity index (χ0) is 11.6. The fourth-order valence-electron chi connectivity index (χ4n) is 2.10. The third-order valence-electron chi connectivity index (χ3n) is 3.23. The summed E-state index contributed by atoms with van der Waals surface area (Å²) in [5.74, 6) is 0.412. The molecule has 5 atom stereocenters. The summed E-state index contributed by atoms with van der Waals surface area (Å²) in [5, 5.41) is 0. The first-order valence-corrected chi connectivity index (χ1v) is 5.99. The van der Waals surface area contributed by atoms with Crippen molar-refractivity contribution >= 4 is 18.6 Å². The lowest BCUT2D eigenvalue weighted by Crippen LogP contribution is -2.48. The van der Waals surface area contributed by atoms with E-state index in [-0.39, 0.29) is 29.5 Å². The Morgan fingerprint density at radius 2 is 2.00 bits per heavy atom. The molecule has 0 amide bonds. The van der Waals surface area contributed by atoms with Crippen molar-refractivity contribution in [3.05, 3.63) is 0 Å². The van der Waals surface area contributed by atoms with Gasteiger partial charge in [-0.2, -0.15) is 0 Å². The Bertz CT molecular complexity index is 232. The molecule has 15 heavy (non-hydrogen) atoms. The summed E-state index contributed by atoms with van der Waals surface area (Å²) in [7, 11) is 0. The Hall–Kier alpha value is -0.220. The summed E-state index contributed by atoms with van der Waals surface area (Å²) < 4.78 is 11.0. The number of thiol groups is 1. The van der Waals surface area contributed by atoms with Crippen molar-refractivity contribution in [2.45, 2.75) is 51.8 Å². The quantitative estimate of drug-likeness (QED) is 0.586. The van der Waals surface area contributed by atoms with Crippen LogP contribution >= 0.6 is 12.6 Å². The molecule has 2 unspecified atom stereocenters. The van der Waals surface area contributed by atoms with Crippen molar-refractivity contribution in [3.63, 3.8) is 0 Å². The van der Waals surface area contributed by atoms with Gasteiger partial charge < -0.3 is 9.47 Å². The van der Waals surface area contributed by atoms with Gasteiger partial charge in [0.05, 0.1) is 6.10 Å². The summed E-state index contributed by atoms with van der Waals surface area (Å²) >= 11 is 4.34. The molecule has 0 aromatic heterocycles. The van der Waals surface area contributed by atoms with Crippen LogP contribution in [0.5, 0.6) is 0 Å². The minimum absolute atomic E-state index is 0.217. The van der Waals surface area contributed by atoms with Crippen molar-refractivity contribution in [1.29, 1.82) is 0 Å². The van der Waals surface area contributed by atoms with Crippen LogP contribution in [0.3, 0.4) is 0 Å². The van der Waals surface area contributed by atoms with Crippen LogP contribution < -0.4 is 0 Å². The number of carbonyl (C=O) groups is 1. The third kappa shape index (κ3) is 2.88. The van der Waals surface area contributed by atoms with E-state index in [0.29, 0.717) is 5.92 Å². The molecule has 3 nitrogen and oxygen atoms in total. The standard InChI is InChI=1S/C11H20O3S/c1-5-9-6(2)7(3)10(11(15)14-9)13-8(4)12/h6-7,9-11,15H,5H2,1-4H3/t6-,7+,9?,10?,11-/m1/s1. The molecule has 1 rings (SSSR count). The van der Waals surface area contributed by atoms with E-state index >= 15 is 0 Å². The molecule has 88 valence electrons. The smallest absolute Gasteiger partial charge is 0.303 e. The highest BCUT2D eigenvalue weighted by molar-refractivity contribution is 7.80. The van der Waals surface area contributed by atoms with Gasteiger partial charge in [-0.25, -0.2) is 0 Å². The van der Waals surface area contributed by atoms with Gasteiger partial charge in [-0.05, 0) is 12.3 Å². The van der Waals surface area contributed by atoms with Gasteiger partial charge in [0.15, 0.2) is 0 Å². The Kier molecular flexibility index (Phi) is 4.46. The van der Waals surface area contributed by atoms with E-state index in [4.69, 9.17) is 9.47 Å². The van der Waals surface area contributed by atoms with Gasteiger partial charge in [-0.3, -0.25) is 4.79 Å². The largest absolute Gasteiger partial charge is 0.459 e. The summed E-state index contributed by atoms with van der Waals surface area (Å²) in [6, 6.07) is 0. The summed E-state index contributed by atoms with van der Waals surface area (Å²) in [5.41, 5.74) is -0.301. The second kappa shape index (κ2) is 5.21. The van der Waals surface area contributed by atoms with E-state index in [0.717, 1.165) is 6.42 Å². The van der Waals surface area contributed by atoms with E-state index in [2.05, 4.69) is 33.4 Å². The number of hydrogen-bond acceptors (Lipinski definition) is 4. The maximum atomic E-state index is 10.9. The molecule has 0 aliphatic carbocycles. The zero-order valence-corrected chi connectivity index (χ0v) is 10.7. The monoisotopic (exact) mass is 232 g/mol. The normalized spacial score (nSPS) is 41.3. The van der Waals surface area contributed by atoms with Crippen LogP contribution in [-0.2, 0) is 14.3 Å². The van der Waals surface area contributed by atoms with Gasteiger partial charge in [0.2, 0.25) is 0 Å². The van der Waals surface area contributed by atoms with Crippen LogP contribution in [-0.4, -0.2) is 23.6 Å². The number of rotatable bonds is 2. The van der Waals surface area contributed by atoms with E-state index < -0.39 is 0 Å². The van der Waals surface area contributed by atoms with E-state index in [9.17, 15) is 4.79 Å². The maximum Gasteiger partial charge on any atom is 0.303 e. The predicted molar refractivity (Wildman–Crippen MR) is 61.8 cm³/mol. The van der Waals surface area contributed by atoms with Crippen LogP contribution in [0, 0.1) is 11.8 Å². The number of hydrogen-bond donors (Lipinski definition) is 1. The van der Waals surface area contributed by atoms with Gasteiger partial charge in [0.25, 0.3) is 0 Å². The average molecular weight is 232 g/mol. The fraction of sp³-hybridized carbons (Fsp3) is 0.909. The number of ether oxygens (including phenoxy) is 2. The molecule has 0 bridgehead atoms. The maximum absolute atomic E-state index is 10.9. The Balaban J connectivity index is 2.70. The fourth-order valence-corrected chi connectivity index (χ4v) is 2.59. The molecule has 1 heterocycles. The van der Waals surface area contributed by atoms with E-state index in [1.54, 1.807) is 0 Å². The van der Waals surface area contributed by atoms with Crippen molar-refractivity contribution in [1.82, 2.24) is 0 Å². The Morgan fingerprint density at radius 3 is 2.47 bits per heavy atom. The van der Waals surface area contributed by atoms with Crippen LogP contribution in [0.25, 0.3) is 0 Å². The topological polar surface area (TPSA) is 35.5 Å². The van der Waals surface area contributed by atoms with E-state index in [1.165, 1.54) is 6.92 Å². The lowest BCUT2D eigenvalue weighted by Gasteiger charge is -2.42. The highest BCUT2D eigenvalue weighted by Gasteiger charge is 2.40. The van der Waals surface area contributed by atoms with Crippen LogP contribution in [0.15, 0.2) is 0 Å². The molecule has 1 saturated heterocycles. The third-order valence-corrected chi connectivity index (χ3v) is 3.65. The Morgan fingerprint density at radius 1 is 1.40 bits per heavy atom. The minimum atomic E-state index is -0.301. The van der Waals surface area contributed by atoms with Crippen molar-refractivity contribution in [2.75, 3.05) is 0 Å².